The second-order valence-electron chi connectivity index (χ2n) is 4.69. The normalized spacial score (nSPS) is 12.4. The van der Waals surface area contributed by atoms with E-state index in [0.717, 1.165) is 12.4 Å². The number of thiophene rings is 1. The number of hydrogen-bond acceptors (Lipinski definition) is 3. The van der Waals surface area contributed by atoms with Gasteiger partial charge in [0.15, 0.2) is 0 Å². The van der Waals surface area contributed by atoms with Crippen LogP contribution in [0.25, 0.3) is 0 Å². The van der Waals surface area contributed by atoms with Crippen LogP contribution in [-0.4, -0.2) is 9.55 Å². The van der Waals surface area contributed by atoms with Crippen LogP contribution in [0, 0.1) is 0 Å². The Labute approximate surface area is 122 Å². The molecule has 20 heavy (non-hydrogen) atoms. The van der Waals surface area contributed by atoms with Gasteiger partial charge in [-0.15, -0.1) is 11.3 Å². The molecule has 1 aromatic carbocycles. The zero-order chi connectivity index (χ0) is 13.8. The molecule has 0 amide bonds. The Balaban J connectivity index is 1.82. The topological polar surface area (TPSA) is 29.9 Å². The summed E-state index contributed by atoms with van der Waals surface area (Å²) >= 11 is 1.78. The number of benzene rings is 1. The van der Waals surface area contributed by atoms with Crippen molar-refractivity contribution in [2.75, 3.05) is 0 Å². The van der Waals surface area contributed by atoms with Gasteiger partial charge in [-0.05, 0) is 17.0 Å². The Bertz CT molecular complexity index is 643. The maximum Gasteiger partial charge on any atom is 0.122 e. The predicted molar refractivity (Wildman–Crippen MR) is 82.7 cm³/mol. The van der Waals surface area contributed by atoms with Gasteiger partial charge in [0.1, 0.15) is 5.82 Å². The Kier molecular flexibility index (Phi) is 3.95. The summed E-state index contributed by atoms with van der Waals surface area (Å²) < 4.78 is 2.05. The fourth-order valence-corrected chi connectivity index (χ4v) is 3.07. The third-order valence-electron chi connectivity index (χ3n) is 3.35. The molecule has 1 N–H and O–H groups in total. The molecule has 3 aromatic rings. The summed E-state index contributed by atoms with van der Waals surface area (Å²) in [6, 6.07) is 15.0. The molecule has 0 saturated heterocycles. The number of nitrogens with one attached hydrogen (secondary N) is 1. The molecule has 0 saturated carbocycles. The summed E-state index contributed by atoms with van der Waals surface area (Å²) in [4.78, 5) is 5.69. The van der Waals surface area contributed by atoms with Gasteiger partial charge in [-0.3, -0.25) is 5.32 Å². The van der Waals surface area contributed by atoms with E-state index in [4.69, 9.17) is 0 Å². The summed E-state index contributed by atoms with van der Waals surface area (Å²) in [6.45, 7) is 0.751. The summed E-state index contributed by atoms with van der Waals surface area (Å²) in [5, 5.41) is 5.73. The zero-order valence-electron chi connectivity index (χ0n) is 11.4. The monoisotopic (exact) mass is 283 g/mol. The SMILES string of the molecule is Cn1ccnc1CNC(c1ccccc1)c1cccs1. The van der Waals surface area contributed by atoms with Gasteiger partial charge in [-0.1, -0.05) is 36.4 Å². The molecule has 1 unspecified atom stereocenters. The molecule has 0 radical (unpaired) electrons. The van der Waals surface area contributed by atoms with Crippen LogP contribution in [0.4, 0.5) is 0 Å². The lowest BCUT2D eigenvalue weighted by Crippen LogP contribution is -2.22. The molecule has 0 spiro atoms. The maximum absolute atomic E-state index is 4.37. The highest BCUT2D eigenvalue weighted by atomic mass is 32.1. The smallest absolute Gasteiger partial charge is 0.122 e. The predicted octanol–water partition coefficient (Wildman–Crippen LogP) is 3.36. The van der Waals surface area contributed by atoms with Gasteiger partial charge in [-0.2, -0.15) is 0 Å². The van der Waals surface area contributed by atoms with E-state index in [1.54, 1.807) is 11.3 Å². The van der Waals surface area contributed by atoms with Crippen LogP contribution < -0.4 is 5.32 Å². The Hall–Kier alpha value is -1.91. The maximum atomic E-state index is 4.37. The Morgan fingerprint density at radius 2 is 2.05 bits per heavy atom. The fourth-order valence-electron chi connectivity index (χ4n) is 2.24. The van der Waals surface area contributed by atoms with Crippen molar-refractivity contribution in [1.82, 2.24) is 14.9 Å². The average molecular weight is 283 g/mol. The van der Waals surface area contributed by atoms with Crippen LogP contribution in [0.3, 0.4) is 0 Å². The second kappa shape index (κ2) is 6.03. The fraction of sp³-hybridized carbons (Fsp3) is 0.188. The van der Waals surface area contributed by atoms with E-state index < -0.39 is 0 Å². The minimum Gasteiger partial charge on any atom is -0.337 e. The molecule has 0 bridgehead atoms. The summed E-state index contributed by atoms with van der Waals surface area (Å²) in [6.07, 6.45) is 3.80. The van der Waals surface area contributed by atoms with Crippen molar-refractivity contribution in [3.8, 4) is 0 Å². The van der Waals surface area contributed by atoms with E-state index in [1.807, 2.05) is 30.1 Å². The van der Waals surface area contributed by atoms with Crippen molar-refractivity contribution in [3.63, 3.8) is 0 Å². The highest BCUT2D eigenvalue weighted by Gasteiger charge is 2.15. The molecule has 3 nitrogen and oxygen atoms in total. The third kappa shape index (κ3) is 2.81. The first-order valence-corrected chi connectivity index (χ1v) is 7.50. The molecule has 0 fully saturated rings. The highest BCUT2D eigenvalue weighted by Crippen LogP contribution is 2.26. The second-order valence-corrected chi connectivity index (χ2v) is 5.67. The van der Waals surface area contributed by atoms with Gasteiger partial charge in [0, 0.05) is 24.3 Å². The molecule has 102 valence electrons. The van der Waals surface area contributed by atoms with Gasteiger partial charge in [-0.25, -0.2) is 4.98 Å². The van der Waals surface area contributed by atoms with Gasteiger partial charge < -0.3 is 4.57 Å². The van der Waals surface area contributed by atoms with Crippen LogP contribution in [-0.2, 0) is 13.6 Å². The van der Waals surface area contributed by atoms with Gasteiger partial charge >= 0.3 is 0 Å². The average Bonchev–Trinajstić information content (AvgIpc) is 3.13. The molecule has 0 aliphatic heterocycles. The van der Waals surface area contributed by atoms with E-state index in [0.29, 0.717) is 0 Å². The first kappa shape index (κ1) is 13.1. The largest absolute Gasteiger partial charge is 0.337 e. The number of nitrogens with zero attached hydrogens (tertiary/aromatic N) is 2. The number of aromatic nitrogens is 2. The quantitative estimate of drug-likeness (QED) is 0.778. The first-order valence-electron chi connectivity index (χ1n) is 6.62. The standard InChI is InChI=1S/C16H17N3S/c1-19-10-9-17-15(19)12-18-16(14-8-5-11-20-14)13-6-3-2-4-7-13/h2-11,16,18H,12H2,1H3. The summed E-state index contributed by atoms with van der Waals surface area (Å²) in [5.74, 6) is 1.04. The molecule has 0 aliphatic carbocycles. The minimum absolute atomic E-state index is 0.216. The van der Waals surface area contributed by atoms with Crippen LogP contribution in [0.1, 0.15) is 22.3 Å². The Morgan fingerprint density at radius 1 is 1.20 bits per heavy atom. The number of hydrogen-bond donors (Lipinski definition) is 1. The van der Waals surface area contributed by atoms with Crippen molar-refractivity contribution in [2.24, 2.45) is 7.05 Å². The summed E-state index contributed by atoms with van der Waals surface area (Å²) in [7, 11) is 2.02. The third-order valence-corrected chi connectivity index (χ3v) is 4.28. The van der Waals surface area contributed by atoms with Gasteiger partial charge in [0.25, 0.3) is 0 Å². The van der Waals surface area contributed by atoms with E-state index >= 15 is 0 Å². The van der Waals surface area contributed by atoms with Gasteiger partial charge in [0.05, 0.1) is 12.6 Å². The van der Waals surface area contributed by atoms with E-state index in [9.17, 15) is 0 Å². The van der Waals surface area contributed by atoms with Crippen LogP contribution in [0.5, 0.6) is 0 Å². The first-order chi connectivity index (χ1) is 9.84. The lowest BCUT2D eigenvalue weighted by Gasteiger charge is -2.18. The summed E-state index contributed by atoms with van der Waals surface area (Å²) in [5.41, 5.74) is 1.28. The minimum atomic E-state index is 0.216. The molecule has 0 aliphatic rings. The highest BCUT2D eigenvalue weighted by molar-refractivity contribution is 7.10. The number of rotatable bonds is 5. The molecule has 3 rings (SSSR count). The Morgan fingerprint density at radius 3 is 2.70 bits per heavy atom. The van der Waals surface area contributed by atoms with Crippen molar-refractivity contribution < 1.29 is 0 Å². The molecule has 4 heteroatoms. The molecular weight excluding hydrogens is 266 g/mol. The lowest BCUT2D eigenvalue weighted by molar-refractivity contribution is 0.580. The van der Waals surface area contributed by atoms with E-state index in [1.165, 1.54) is 10.4 Å². The molecule has 2 heterocycles. The van der Waals surface area contributed by atoms with Gasteiger partial charge in [0.2, 0.25) is 0 Å². The van der Waals surface area contributed by atoms with Crippen LogP contribution >= 0.6 is 11.3 Å². The molecule has 2 aromatic heterocycles. The van der Waals surface area contributed by atoms with Crippen LogP contribution in [0.15, 0.2) is 60.2 Å². The lowest BCUT2D eigenvalue weighted by atomic mass is 10.1. The van der Waals surface area contributed by atoms with Crippen molar-refractivity contribution >= 4 is 11.3 Å². The van der Waals surface area contributed by atoms with Crippen molar-refractivity contribution in [2.45, 2.75) is 12.6 Å². The zero-order valence-corrected chi connectivity index (χ0v) is 12.2. The molecular formula is C16H17N3S. The number of imidazole rings is 1. The molecule has 1 atom stereocenters. The van der Waals surface area contributed by atoms with Crippen molar-refractivity contribution in [3.05, 3.63) is 76.5 Å². The van der Waals surface area contributed by atoms with E-state index in [2.05, 4.69) is 52.1 Å². The number of aryl methyl sites for hydroxylation is 1. The van der Waals surface area contributed by atoms with E-state index in [-0.39, 0.29) is 6.04 Å². The van der Waals surface area contributed by atoms with Crippen molar-refractivity contribution in [1.29, 1.82) is 0 Å². The van der Waals surface area contributed by atoms with Crippen LogP contribution in [0.2, 0.25) is 0 Å².